The van der Waals surface area contributed by atoms with Gasteiger partial charge in [0.1, 0.15) is 0 Å². The Balaban J connectivity index is 3.45. The Kier molecular flexibility index (Phi) is 3.27. The highest BCUT2D eigenvalue weighted by molar-refractivity contribution is 5.63. The highest BCUT2D eigenvalue weighted by Gasteiger charge is 2.36. The van der Waals surface area contributed by atoms with Gasteiger partial charge in [0.05, 0.1) is 11.1 Å². The van der Waals surface area contributed by atoms with E-state index in [2.05, 4.69) is 6.58 Å². The predicted molar refractivity (Wildman–Crippen MR) is 51.2 cm³/mol. The molecule has 6 heteroatoms. The molecule has 0 N–H and O–H groups in total. The van der Waals surface area contributed by atoms with Crippen molar-refractivity contribution in [3.63, 3.8) is 0 Å². The molecule has 0 saturated heterocycles. The monoisotopic (exact) mass is 254 g/mol. The van der Waals surface area contributed by atoms with Crippen LogP contribution < -0.4 is 0 Å². The molecule has 1 aromatic carbocycles. The minimum absolute atomic E-state index is 0.0897. The zero-order valence-electron chi connectivity index (χ0n) is 8.71. The Morgan fingerprint density at radius 3 is 1.47 bits per heavy atom. The lowest BCUT2D eigenvalue weighted by Gasteiger charge is -2.14. The van der Waals surface area contributed by atoms with Gasteiger partial charge in [-0.2, -0.15) is 26.3 Å². The SMILES string of the molecule is C=C(C)c1cc(C(F)(F)F)cc(C(F)(F)F)c1. The molecule has 0 spiro atoms. The molecule has 1 rings (SSSR count). The van der Waals surface area contributed by atoms with Crippen molar-refractivity contribution in [2.24, 2.45) is 0 Å². The zero-order chi connectivity index (χ0) is 13.4. The van der Waals surface area contributed by atoms with Crippen LogP contribution in [0.25, 0.3) is 5.57 Å². The summed E-state index contributed by atoms with van der Waals surface area (Å²) < 4.78 is 74.4. The van der Waals surface area contributed by atoms with E-state index >= 15 is 0 Å². The molecule has 0 fully saturated rings. The van der Waals surface area contributed by atoms with Crippen molar-refractivity contribution in [1.29, 1.82) is 0 Å². The second-order valence-corrected chi connectivity index (χ2v) is 3.57. The third-order valence-corrected chi connectivity index (χ3v) is 2.08. The Morgan fingerprint density at radius 1 is 0.882 bits per heavy atom. The number of hydrogen-bond acceptors (Lipinski definition) is 0. The van der Waals surface area contributed by atoms with E-state index in [-0.39, 0.29) is 17.2 Å². The normalized spacial score (nSPS) is 12.6. The van der Waals surface area contributed by atoms with Crippen LogP contribution in [0.3, 0.4) is 0 Å². The van der Waals surface area contributed by atoms with Gasteiger partial charge in [0.15, 0.2) is 0 Å². The first-order chi connectivity index (χ1) is 7.51. The second kappa shape index (κ2) is 4.09. The number of allylic oxidation sites excluding steroid dienone is 1. The van der Waals surface area contributed by atoms with Gasteiger partial charge >= 0.3 is 12.4 Å². The maximum Gasteiger partial charge on any atom is 0.416 e. The summed E-state index contributed by atoms with van der Waals surface area (Å²) in [5.74, 6) is 0. The minimum Gasteiger partial charge on any atom is -0.166 e. The van der Waals surface area contributed by atoms with Crippen LogP contribution in [0.15, 0.2) is 24.8 Å². The van der Waals surface area contributed by atoms with Crippen molar-refractivity contribution in [3.05, 3.63) is 41.5 Å². The largest absolute Gasteiger partial charge is 0.416 e. The first kappa shape index (κ1) is 13.6. The molecule has 0 radical (unpaired) electrons. The van der Waals surface area contributed by atoms with Gasteiger partial charge in [-0.05, 0) is 30.7 Å². The molecule has 0 bridgehead atoms. The standard InChI is InChI=1S/C11H8F6/c1-6(2)7-3-8(10(12,13)14)5-9(4-7)11(15,16)17/h3-5H,1H2,2H3. The Hall–Kier alpha value is -1.46. The molecule has 0 aliphatic rings. The van der Waals surface area contributed by atoms with Crippen molar-refractivity contribution in [2.45, 2.75) is 19.3 Å². The molecule has 0 saturated carbocycles. The van der Waals surface area contributed by atoms with Gasteiger partial charge in [0.2, 0.25) is 0 Å². The maximum absolute atomic E-state index is 12.4. The van der Waals surface area contributed by atoms with E-state index in [1.54, 1.807) is 0 Å². The molecular formula is C11H8F6. The van der Waals surface area contributed by atoms with E-state index < -0.39 is 23.5 Å². The molecule has 0 nitrogen and oxygen atoms in total. The molecule has 0 atom stereocenters. The fourth-order valence-electron chi connectivity index (χ4n) is 1.20. The number of hydrogen-bond donors (Lipinski definition) is 0. The first-order valence-electron chi connectivity index (χ1n) is 4.47. The molecule has 17 heavy (non-hydrogen) atoms. The summed E-state index contributed by atoms with van der Waals surface area (Å²) in [5, 5.41) is 0. The highest BCUT2D eigenvalue weighted by atomic mass is 19.4. The van der Waals surface area contributed by atoms with Crippen LogP contribution in [0.5, 0.6) is 0 Å². The van der Waals surface area contributed by atoms with Crippen LogP contribution >= 0.6 is 0 Å². The summed E-state index contributed by atoms with van der Waals surface area (Å²) in [6, 6.07) is 1.39. The van der Waals surface area contributed by atoms with E-state index in [0.29, 0.717) is 12.1 Å². The van der Waals surface area contributed by atoms with Gasteiger partial charge in [-0.3, -0.25) is 0 Å². The zero-order valence-corrected chi connectivity index (χ0v) is 8.71. The van der Waals surface area contributed by atoms with Gasteiger partial charge in [-0.1, -0.05) is 12.2 Å². The van der Waals surface area contributed by atoms with Gasteiger partial charge in [-0.25, -0.2) is 0 Å². The van der Waals surface area contributed by atoms with E-state index in [4.69, 9.17) is 0 Å². The van der Waals surface area contributed by atoms with E-state index in [9.17, 15) is 26.3 Å². The molecule has 1 aromatic rings. The van der Waals surface area contributed by atoms with Gasteiger partial charge in [-0.15, -0.1) is 0 Å². The quantitative estimate of drug-likeness (QED) is 0.634. The van der Waals surface area contributed by atoms with Crippen molar-refractivity contribution in [1.82, 2.24) is 0 Å². The van der Waals surface area contributed by atoms with Gasteiger partial charge in [0.25, 0.3) is 0 Å². The molecule has 0 heterocycles. The summed E-state index contributed by atoms with van der Waals surface area (Å²) in [6.45, 7) is 4.68. The average Bonchev–Trinajstić information content (AvgIpc) is 2.14. The number of rotatable bonds is 1. The topological polar surface area (TPSA) is 0 Å². The Morgan fingerprint density at radius 2 is 1.24 bits per heavy atom. The molecule has 0 amide bonds. The van der Waals surface area contributed by atoms with Crippen molar-refractivity contribution >= 4 is 5.57 Å². The third kappa shape index (κ3) is 3.25. The summed E-state index contributed by atoms with van der Waals surface area (Å²) in [5.41, 5.74) is -2.69. The molecule has 0 aromatic heterocycles. The Labute approximate surface area is 93.6 Å². The van der Waals surface area contributed by atoms with Crippen molar-refractivity contribution in [3.8, 4) is 0 Å². The van der Waals surface area contributed by atoms with E-state index in [0.717, 1.165) is 0 Å². The minimum atomic E-state index is -4.81. The molecule has 0 aliphatic heterocycles. The molecule has 0 unspecified atom stereocenters. The lowest BCUT2D eigenvalue weighted by atomic mass is 10.0. The van der Waals surface area contributed by atoms with E-state index in [1.165, 1.54) is 6.92 Å². The van der Waals surface area contributed by atoms with Gasteiger partial charge < -0.3 is 0 Å². The average molecular weight is 254 g/mol. The summed E-state index contributed by atoms with van der Waals surface area (Å²) in [6.07, 6.45) is -9.63. The number of halogens is 6. The summed E-state index contributed by atoms with van der Waals surface area (Å²) >= 11 is 0. The third-order valence-electron chi connectivity index (χ3n) is 2.08. The smallest absolute Gasteiger partial charge is 0.166 e. The van der Waals surface area contributed by atoms with Crippen molar-refractivity contribution < 1.29 is 26.3 Å². The van der Waals surface area contributed by atoms with Crippen LogP contribution in [0.1, 0.15) is 23.6 Å². The van der Waals surface area contributed by atoms with Gasteiger partial charge in [0, 0.05) is 0 Å². The van der Waals surface area contributed by atoms with Crippen molar-refractivity contribution in [2.75, 3.05) is 0 Å². The second-order valence-electron chi connectivity index (χ2n) is 3.57. The fourth-order valence-corrected chi connectivity index (χ4v) is 1.20. The number of alkyl halides is 6. The molecule has 94 valence electrons. The van der Waals surface area contributed by atoms with Crippen LogP contribution in [0, 0.1) is 0 Å². The molecule has 0 aliphatic carbocycles. The van der Waals surface area contributed by atoms with Crippen LogP contribution in [-0.4, -0.2) is 0 Å². The van der Waals surface area contributed by atoms with E-state index in [1.807, 2.05) is 0 Å². The lowest BCUT2D eigenvalue weighted by Crippen LogP contribution is -2.11. The maximum atomic E-state index is 12.4. The summed E-state index contributed by atoms with van der Waals surface area (Å²) in [7, 11) is 0. The predicted octanol–water partition coefficient (Wildman–Crippen LogP) is 4.76. The first-order valence-corrected chi connectivity index (χ1v) is 4.47. The molecular weight excluding hydrogens is 246 g/mol. The van der Waals surface area contributed by atoms with Crippen LogP contribution in [0.2, 0.25) is 0 Å². The lowest BCUT2D eigenvalue weighted by molar-refractivity contribution is -0.143. The van der Waals surface area contributed by atoms with Crippen LogP contribution in [0.4, 0.5) is 26.3 Å². The van der Waals surface area contributed by atoms with Crippen LogP contribution in [-0.2, 0) is 12.4 Å². The highest BCUT2D eigenvalue weighted by Crippen LogP contribution is 2.37. The summed E-state index contributed by atoms with van der Waals surface area (Å²) in [4.78, 5) is 0. The Bertz CT molecular complexity index is 406. The number of benzene rings is 1. The fraction of sp³-hybridized carbons (Fsp3) is 0.273.